The molecule has 7 heteroatoms. The predicted octanol–water partition coefficient (Wildman–Crippen LogP) is 4.20. The Morgan fingerprint density at radius 3 is 2.62 bits per heavy atom. The molecular weight excluding hydrogens is 312 g/mol. The van der Waals surface area contributed by atoms with Crippen LogP contribution < -0.4 is 10.6 Å². The van der Waals surface area contributed by atoms with Crippen molar-refractivity contribution in [2.24, 2.45) is 0 Å². The van der Waals surface area contributed by atoms with Crippen molar-refractivity contribution in [3.8, 4) is 0 Å². The Morgan fingerprint density at radius 2 is 1.83 bits per heavy atom. The van der Waals surface area contributed by atoms with Gasteiger partial charge in [-0.2, -0.15) is 10.1 Å². The molecule has 0 saturated heterocycles. The normalized spacial score (nSPS) is 10.5. The zero-order chi connectivity index (χ0) is 16.9. The summed E-state index contributed by atoms with van der Waals surface area (Å²) in [5.74, 6) is -0.799. The van der Waals surface area contributed by atoms with Crippen LogP contribution in [0.5, 0.6) is 0 Å². The molecule has 122 valence electrons. The highest BCUT2D eigenvalue weighted by atomic mass is 19.1. The quantitative estimate of drug-likeness (QED) is 0.735. The number of aryl methyl sites for hydroxylation is 1. The third-order valence-corrected chi connectivity index (χ3v) is 3.40. The average molecular weight is 327 g/mol. The highest BCUT2D eigenvalue weighted by Crippen LogP contribution is 2.22. The molecule has 0 unspecified atom stereocenters. The molecule has 24 heavy (non-hydrogen) atoms. The highest BCUT2D eigenvalue weighted by molar-refractivity contribution is 5.61. The van der Waals surface area contributed by atoms with E-state index in [1.54, 1.807) is 0 Å². The predicted molar refractivity (Wildman–Crippen MR) is 88.6 cm³/mol. The number of nitrogens with one attached hydrogen (secondary N) is 2. The molecule has 0 aliphatic rings. The molecule has 1 aromatic heterocycles. The smallest absolute Gasteiger partial charge is 0.249 e. The van der Waals surface area contributed by atoms with Gasteiger partial charge in [-0.25, -0.2) is 8.78 Å². The summed E-state index contributed by atoms with van der Waals surface area (Å²) in [5.41, 5.74) is 2.12. The molecule has 0 radical (unpaired) electrons. The van der Waals surface area contributed by atoms with Crippen molar-refractivity contribution in [3.05, 3.63) is 65.9 Å². The SMILES string of the molecule is CCc1ccccc1Nc1cnnc(Nc2ccc(F)cc2F)n1. The van der Waals surface area contributed by atoms with Crippen molar-refractivity contribution in [1.29, 1.82) is 0 Å². The molecule has 0 fully saturated rings. The van der Waals surface area contributed by atoms with Crippen molar-refractivity contribution in [2.75, 3.05) is 10.6 Å². The van der Waals surface area contributed by atoms with Crippen LogP contribution in [0, 0.1) is 11.6 Å². The van der Waals surface area contributed by atoms with E-state index in [1.807, 2.05) is 24.3 Å². The van der Waals surface area contributed by atoms with Crippen LogP contribution in [0.2, 0.25) is 0 Å². The third kappa shape index (κ3) is 3.62. The van der Waals surface area contributed by atoms with E-state index in [9.17, 15) is 8.78 Å². The highest BCUT2D eigenvalue weighted by Gasteiger charge is 2.08. The number of hydrogen-bond donors (Lipinski definition) is 2. The summed E-state index contributed by atoms with van der Waals surface area (Å²) in [7, 11) is 0. The molecule has 0 amide bonds. The number of benzene rings is 2. The van der Waals surface area contributed by atoms with E-state index in [0.717, 1.165) is 29.8 Å². The van der Waals surface area contributed by atoms with Crippen molar-refractivity contribution >= 4 is 23.1 Å². The first-order valence-electron chi connectivity index (χ1n) is 7.42. The van der Waals surface area contributed by atoms with Gasteiger partial charge in [0.2, 0.25) is 5.95 Å². The maximum absolute atomic E-state index is 13.7. The topological polar surface area (TPSA) is 62.7 Å². The molecule has 3 rings (SSSR count). The fourth-order valence-corrected chi connectivity index (χ4v) is 2.22. The molecule has 0 saturated carbocycles. The molecule has 2 N–H and O–H groups in total. The van der Waals surface area contributed by atoms with Crippen molar-refractivity contribution in [3.63, 3.8) is 0 Å². The summed E-state index contributed by atoms with van der Waals surface area (Å²) in [6, 6.07) is 11.1. The number of anilines is 4. The molecular formula is C17H15F2N5. The van der Waals surface area contributed by atoms with Crippen molar-refractivity contribution < 1.29 is 8.78 Å². The summed E-state index contributed by atoms with van der Waals surface area (Å²) in [6.45, 7) is 2.06. The minimum atomic E-state index is -0.728. The lowest BCUT2D eigenvalue weighted by molar-refractivity contribution is 0.586. The maximum atomic E-state index is 13.7. The van der Waals surface area contributed by atoms with Crippen LogP contribution in [0.4, 0.5) is 31.9 Å². The monoisotopic (exact) mass is 327 g/mol. The second kappa shape index (κ2) is 6.99. The largest absolute Gasteiger partial charge is 0.339 e. The maximum Gasteiger partial charge on any atom is 0.249 e. The van der Waals surface area contributed by atoms with Gasteiger partial charge in [0.15, 0.2) is 5.82 Å². The summed E-state index contributed by atoms with van der Waals surface area (Å²) in [4.78, 5) is 4.25. The minimum absolute atomic E-state index is 0.0734. The molecule has 5 nitrogen and oxygen atoms in total. The van der Waals surface area contributed by atoms with Gasteiger partial charge >= 0.3 is 0 Å². The zero-order valence-corrected chi connectivity index (χ0v) is 12.9. The molecule has 0 atom stereocenters. The van der Waals surface area contributed by atoms with Crippen LogP contribution in [0.15, 0.2) is 48.7 Å². The Kier molecular flexibility index (Phi) is 4.60. The average Bonchev–Trinajstić information content (AvgIpc) is 2.58. The van der Waals surface area contributed by atoms with E-state index in [2.05, 4.69) is 32.7 Å². The van der Waals surface area contributed by atoms with Gasteiger partial charge in [0, 0.05) is 11.8 Å². The van der Waals surface area contributed by atoms with E-state index >= 15 is 0 Å². The number of nitrogens with zero attached hydrogens (tertiary/aromatic N) is 3. The van der Waals surface area contributed by atoms with Gasteiger partial charge in [0.1, 0.15) is 11.6 Å². The Bertz CT molecular complexity index is 854. The lowest BCUT2D eigenvalue weighted by atomic mass is 10.1. The van der Waals surface area contributed by atoms with E-state index in [0.29, 0.717) is 5.82 Å². The molecule has 0 spiro atoms. The van der Waals surface area contributed by atoms with Gasteiger partial charge in [-0.15, -0.1) is 5.10 Å². The van der Waals surface area contributed by atoms with Gasteiger partial charge in [0.05, 0.1) is 11.9 Å². The van der Waals surface area contributed by atoms with E-state index in [-0.39, 0.29) is 11.6 Å². The number of halogens is 2. The fraction of sp³-hybridized carbons (Fsp3) is 0.118. The van der Waals surface area contributed by atoms with Crippen molar-refractivity contribution in [2.45, 2.75) is 13.3 Å². The number of hydrogen-bond acceptors (Lipinski definition) is 5. The first kappa shape index (κ1) is 15.8. The van der Waals surface area contributed by atoms with Gasteiger partial charge in [-0.1, -0.05) is 25.1 Å². The van der Waals surface area contributed by atoms with Crippen LogP contribution in [0.25, 0.3) is 0 Å². The van der Waals surface area contributed by atoms with E-state index in [4.69, 9.17) is 0 Å². The van der Waals surface area contributed by atoms with Gasteiger partial charge in [-0.3, -0.25) is 0 Å². The molecule has 0 bridgehead atoms. The summed E-state index contributed by atoms with van der Waals surface area (Å²) in [5, 5.41) is 13.5. The second-order valence-corrected chi connectivity index (χ2v) is 5.05. The standard InChI is InChI=1S/C17H15F2N5/c1-2-11-5-3-4-6-14(11)21-16-10-20-24-17(23-16)22-15-8-7-12(18)9-13(15)19/h3-10H,2H2,1H3,(H2,21,22,23,24). The molecule has 2 aromatic carbocycles. The third-order valence-electron chi connectivity index (χ3n) is 3.40. The minimum Gasteiger partial charge on any atom is -0.339 e. The first-order chi connectivity index (χ1) is 11.7. The Hall–Kier alpha value is -3.09. The van der Waals surface area contributed by atoms with Crippen LogP contribution in [-0.2, 0) is 6.42 Å². The Labute approximate surface area is 137 Å². The lowest BCUT2D eigenvalue weighted by Gasteiger charge is -2.11. The van der Waals surface area contributed by atoms with Gasteiger partial charge in [-0.05, 0) is 30.2 Å². The van der Waals surface area contributed by atoms with Crippen LogP contribution >= 0.6 is 0 Å². The van der Waals surface area contributed by atoms with Crippen LogP contribution in [0.1, 0.15) is 12.5 Å². The summed E-state index contributed by atoms with van der Waals surface area (Å²) >= 11 is 0. The number of para-hydroxylation sites is 1. The van der Waals surface area contributed by atoms with Gasteiger partial charge in [0.25, 0.3) is 0 Å². The van der Waals surface area contributed by atoms with E-state index < -0.39 is 11.6 Å². The first-order valence-corrected chi connectivity index (χ1v) is 7.42. The van der Waals surface area contributed by atoms with E-state index in [1.165, 1.54) is 12.3 Å². The number of rotatable bonds is 5. The van der Waals surface area contributed by atoms with Crippen LogP contribution in [-0.4, -0.2) is 15.2 Å². The summed E-state index contributed by atoms with van der Waals surface area (Å²) < 4.78 is 26.6. The molecule has 0 aliphatic carbocycles. The second-order valence-electron chi connectivity index (χ2n) is 5.05. The fourth-order valence-electron chi connectivity index (χ4n) is 2.22. The summed E-state index contributed by atoms with van der Waals surface area (Å²) in [6.07, 6.45) is 2.34. The van der Waals surface area contributed by atoms with Crippen LogP contribution in [0.3, 0.4) is 0 Å². The zero-order valence-electron chi connectivity index (χ0n) is 12.9. The number of aromatic nitrogens is 3. The Balaban J connectivity index is 1.81. The molecule has 1 heterocycles. The Morgan fingerprint density at radius 1 is 1.00 bits per heavy atom. The van der Waals surface area contributed by atoms with Gasteiger partial charge < -0.3 is 10.6 Å². The molecule has 3 aromatic rings. The van der Waals surface area contributed by atoms with Crippen molar-refractivity contribution in [1.82, 2.24) is 15.2 Å². The lowest BCUT2D eigenvalue weighted by Crippen LogP contribution is -2.04. The molecule has 0 aliphatic heterocycles.